The highest BCUT2D eigenvalue weighted by Crippen LogP contribution is 2.36. The fourth-order valence-corrected chi connectivity index (χ4v) is 4.77. The molecule has 1 N–H and O–H groups in total. The number of hydrogen-bond donors (Lipinski definition) is 1. The van der Waals surface area contributed by atoms with Gasteiger partial charge in [-0.2, -0.15) is 0 Å². The Kier molecular flexibility index (Phi) is 6.95. The first-order chi connectivity index (χ1) is 16.0. The summed E-state index contributed by atoms with van der Waals surface area (Å²) in [6, 6.07) is 9.57. The van der Waals surface area contributed by atoms with E-state index in [2.05, 4.69) is 28.1 Å². The van der Waals surface area contributed by atoms with Crippen LogP contribution in [0.15, 0.2) is 53.2 Å². The summed E-state index contributed by atoms with van der Waals surface area (Å²) in [5.41, 5.74) is -0.396. The van der Waals surface area contributed by atoms with Crippen LogP contribution >= 0.6 is 0 Å². The van der Waals surface area contributed by atoms with Gasteiger partial charge in [-0.15, -0.1) is 5.92 Å². The quantitative estimate of drug-likeness (QED) is 0.517. The number of halogens is 1. The van der Waals surface area contributed by atoms with Crippen molar-refractivity contribution in [3.8, 4) is 11.8 Å². The van der Waals surface area contributed by atoms with Gasteiger partial charge in [0, 0.05) is 13.0 Å². The number of imide groups is 1. The fourth-order valence-electron chi connectivity index (χ4n) is 4.77. The molecule has 2 fully saturated rings. The highest BCUT2D eigenvalue weighted by atomic mass is 19.1. The maximum atomic E-state index is 13.9. The zero-order chi connectivity index (χ0) is 23.3. The summed E-state index contributed by atoms with van der Waals surface area (Å²) < 4.78 is 19.2. The zero-order valence-corrected chi connectivity index (χ0v) is 18.7. The lowest BCUT2D eigenvalue weighted by atomic mass is 9.74. The van der Waals surface area contributed by atoms with Gasteiger partial charge >= 0.3 is 6.03 Å². The lowest BCUT2D eigenvalue weighted by Gasteiger charge is -2.40. The lowest BCUT2D eigenvalue weighted by molar-refractivity contribution is -0.133. The third-order valence-corrected chi connectivity index (χ3v) is 6.46. The Labute approximate surface area is 193 Å². The molecule has 3 heterocycles. The summed E-state index contributed by atoms with van der Waals surface area (Å²) in [7, 11) is 0. The largest absolute Gasteiger partial charge is 0.465 e. The van der Waals surface area contributed by atoms with Gasteiger partial charge in [0.2, 0.25) is 0 Å². The second kappa shape index (κ2) is 10.1. The van der Waals surface area contributed by atoms with Crippen molar-refractivity contribution in [2.75, 3.05) is 26.2 Å². The van der Waals surface area contributed by atoms with Crippen molar-refractivity contribution < 1.29 is 18.4 Å². The monoisotopic (exact) mass is 449 g/mol. The molecule has 3 amide bonds. The molecule has 1 aromatic carbocycles. The van der Waals surface area contributed by atoms with E-state index in [4.69, 9.17) is 4.42 Å². The number of furan rings is 1. The van der Waals surface area contributed by atoms with Gasteiger partial charge in [-0.05, 0) is 74.7 Å². The molecular formula is C26H28FN3O3. The topological polar surface area (TPSA) is 65.8 Å². The first-order valence-corrected chi connectivity index (χ1v) is 11.2. The van der Waals surface area contributed by atoms with Crippen LogP contribution in [0.2, 0.25) is 0 Å². The van der Waals surface area contributed by atoms with Crippen LogP contribution in [0.3, 0.4) is 0 Å². The predicted molar refractivity (Wildman–Crippen MR) is 123 cm³/mol. The Morgan fingerprint density at radius 1 is 1.24 bits per heavy atom. The van der Waals surface area contributed by atoms with E-state index >= 15 is 0 Å². The van der Waals surface area contributed by atoms with Gasteiger partial charge in [-0.25, -0.2) is 9.18 Å². The molecule has 0 radical (unpaired) electrons. The van der Waals surface area contributed by atoms with Gasteiger partial charge in [0.15, 0.2) is 0 Å². The molecule has 0 spiro atoms. The van der Waals surface area contributed by atoms with Crippen molar-refractivity contribution in [3.05, 3.63) is 65.9 Å². The van der Waals surface area contributed by atoms with E-state index in [0.717, 1.165) is 38.2 Å². The molecule has 6 nitrogen and oxygen atoms in total. The molecule has 172 valence electrons. The van der Waals surface area contributed by atoms with Gasteiger partial charge in [0.1, 0.15) is 17.1 Å². The number of carbonyl (C=O) groups excluding carboxylic acids is 2. The molecule has 7 heteroatoms. The molecular weight excluding hydrogens is 421 g/mol. The molecule has 1 atom stereocenters. The minimum atomic E-state index is -1.09. The molecule has 2 aliphatic rings. The normalized spacial score (nSPS) is 21.9. The van der Waals surface area contributed by atoms with Crippen molar-refractivity contribution in [2.45, 2.75) is 31.7 Å². The Morgan fingerprint density at radius 2 is 2.06 bits per heavy atom. The first kappa shape index (κ1) is 22.8. The molecule has 1 aromatic heterocycles. The van der Waals surface area contributed by atoms with Gasteiger partial charge in [-0.3, -0.25) is 14.6 Å². The van der Waals surface area contributed by atoms with Gasteiger partial charge < -0.3 is 9.73 Å². The fraction of sp³-hybridized carbons (Fsp3) is 0.385. The SMILES string of the molecule is CC#CCN1C(=O)NC(Cc2cccc(F)c2)(C2CCN(C/C=C/c3ccco3)CC2)C1=O. The zero-order valence-electron chi connectivity index (χ0n) is 18.7. The Bertz CT molecular complexity index is 1080. The van der Waals surface area contributed by atoms with Crippen molar-refractivity contribution in [3.63, 3.8) is 0 Å². The third kappa shape index (κ3) is 5.01. The van der Waals surface area contributed by atoms with Crippen LogP contribution in [-0.2, 0) is 11.2 Å². The van der Waals surface area contributed by atoms with Crippen LogP contribution in [0.25, 0.3) is 6.08 Å². The molecule has 0 bridgehead atoms. The number of urea groups is 1. The number of hydrogen-bond acceptors (Lipinski definition) is 4. The molecule has 2 aliphatic heterocycles. The maximum Gasteiger partial charge on any atom is 0.325 e. The van der Waals surface area contributed by atoms with Crippen LogP contribution in [0, 0.1) is 23.6 Å². The van der Waals surface area contributed by atoms with Crippen LogP contribution < -0.4 is 5.32 Å². The van der Waals surface area contributed by atoms with Gasteiger partial charge in [0.05, 0.1) is 12.8 Å². The molecule has 4 rings (SSSR count). The minimum Gasteiger partial charge on any atom is -0.465 e. The van der Waals surface area contributed by atoms with E-state index in [0.29, 0.717) is 5.56 Å². The summed E-state index contributed by atoms with van der Waals surface area (Å²) in [5.74, 6) is 5.70. The van der Waals surface area contributed by atoms with Crippen molar-refractivity contribution in [1.82, 2.24) is 15.1 Å². The maximum absolute atomic E-state index is 13.9. The highest BCUT2D eigenvalue weighted by Gasteiger charge is 2.55. The van der Waals surface area contributed by atoms with Gasteiger partial charge in [-0.1, -0.05) is 24.1 Å². The summed E-state index contributed by atoms with van der Waals surface area (Å²) in [4.78, 5) is 29.8. The molecule has 0 aliphatic carbocycles. The predicted octanol–water partition coefficient (Wildman–Crippen LogP) is 3.70. The average Bonchev–Trinajstić information content (AvgIpc) is 3.40. The average molecular weight is 450 g/mol. The first-order valence-electron chi connectivity index (χ1n) is 11.2. The third-order valence-electron chi connectivity index (χ3n) is 6.46. The summed E-state index contributed by atoms with van der Waals surface area (Å²) in [5, 5.41) is 2.99. The smallest absolute Gasteiger partial charge is 0.325 e. The molecule has 33 heavy (non-hydrogen) atoms. The molecule has 2 aromatic rings. The Balaban J connectivity index is 1.50. The minimum absolute atomic E-state index is 0.0536. The molecule has 1 unspecified atom stereocenters. The summed E-state index contributed by atoms with van der Waals surface area (Å²) in [6.45, 7) is 4.12. The van der Waals surface area contributed by atoms with Crippen molar-refractivity contribution in [2.24, 2.45) is 5.92 Å². The van der Waals surface area contributed by atoms with Crippen molar-refractivity contribution >= 4 is 18.0 Å². The number of rotatable bonds is 7. The summed E-state index contributed by atoms with van der Waals surface area (Å²) in [6.07, 6.45) is 7.42. The van der Waals surface area contributed by atoms with Crippen LogP contribution in [0.1, 0.15) is 31.1 Å². The number of carbonyl (C=O) groups is 2. The van der Waals surface area contributed by atoms with Crippen LogP contribution in [0.5, 0.6) is 0 Å². The van der Waals surface area contributed by atoms with E-state index in [1.54, 1.807) is 25.3 Å². The second-order valence-corrected chi connectivity index (χ2v) is 8.52. The number of nitrogens with zero attached hydrogens (tertiary/aromatic N) is 2. The van der Waals surface area contributed by atoms with Gasteiger partial charge in [0.25, 0.3) is 5.91 Å². The number of amides is 3. The number of benzene rings is 1. The van der Waals surface area contributed by atoms with Crippen LogP contribution in [-0.4, -0.2) is 53.5 Å². The number of nitrogens with one attached hydrogen (secondary N) is 1. The molecule has 0 saturated carbocycles. The van der Waals surface area contributed by atoms with E-state index in [1.807, 2.05) is 18.2 Å². The van der Waals surface area contributed by atoms with E-state index in [1.165, 1.54) is 17.0 Å². The standard InChI is InChI=1S/C26H28FN3O3/c1-2-3-14-30-24(31)26(28-25(30)32,19-20-7-4-8-22(27)18-20)21-11-15-29(16-12-21)13-5-9-23-10-6-17-33-23/h4-10,17-18,21H,11-16,19H2,1H3,(H,28,32)/b9-5+. The molecule has 2 saturated heterocycles. The van der Waals surface area contributed by atoms with Crippen molar-refractivity contribution in [1.29, 1.82) is 0 Å². The van der Waals surface area contributed by atoms with E-state index in [-0.39, 0.29) is 30.6 Å². The second-order valence-electron chi connectivity index (χ2n) is 8.52. The Morgan fingerprint density at radius 3 is 2.76 bits per heavy atom. The summed E-state index contributed by atoms with van der Waals surface area (Å²) >= 11 is 0. The van der Waals surface area contributed by atoms with Crippen LogP contribution in [0.4, 0.5) is 9.18 Å². The van der Waals surface area contributed by atoms with E-state index < -0.39 is 11.6 Å². The number of piperidine rings is 1. The highest BCUT2D eigenvalue weighted by molar-refractivity contribution is 6.07. The lowest BCUT2D eigenvalue weighted by Crippen LogP contribution is -2.57. The van der Waals surface area contributed by atoms with E-state index in [9.17, 15) is 14.0 Å². The number of likely N-dealkylation sites (tertiary alicyclic amines) is 1. The Hall–Kier alpha value is -3.37.